The number of carbonyl (C=O) groups excluding carboxylic acids is 2. The molecule has 0 saturated heterocycles. The Kier molecular flexibility index (Phi) is 6.01. The number of benzene rings is 2. The zero-order valence-corrected chi connectivity index (χ0v) is 19.3. The molecule has 0 radical (unpaired) electrons. The lowest BCUT2D eigenvalue weighted by molar-refractivity contribution is -0.119. The smallest absolute Gasteiger partial charge is 0.339 e. The Hall–Kier alpha value is -4.46. The molecule has 1 amide bonds. The summed E-state index contributed by atoms with van der Waals surface area (Å²) in [6.07, 6.45) is 3.48. The van der Waals surface area contributed by atoms with E-state index in [1.54, 1.807) is 20.1 Å². The first-order valence-corrected chi connectivity index (χ1v) is 11.2. The van der Waals surface area contributed by atoms with E-state index in [4.69, 9.17) is 19.0 Å². The first-order valence-electron chi connectivity index (χ1n) is 11.2. The fourth-order valence-corrected chi connectivity index (χ4v) is 4.21. The van der Waals surface area contributed by atoms with Gasteiger partial charge in [0.1, 0.15) is 5.75 Å². The first kappa shape index (κ1) is 22.3. The molecule has 5 rings (SSSR count). The number of ether oxygens (including phenoxy) is 2. The van der Waals surface area contributed by atoms with Crippen LogP contribution < -0.4 is 10.1 Å². The highest BCUT2D eigenvalue weighted by molar-refractivity contribution is 6.08. The van der Waals surface area contributed by atoms with Gasteiger partial charge in [-0.25, -0.2) is 9.78 Å². The number of anilines is 1. The van der Waals surface area contributed by atoms with Crippen LogP contribution in [0.5, 0.6) is 5.75 Å². The molecule has 0 fully saturated rings. The number of fused-ring (bicyclic) bond motifs is 2. The number of nitrogens with zero attached hydrogens (tertiary/aromatic N) is 2. The molecule has 2 aromatic heterocycles. The van der Waals surface area contributed by atoms with Crippen molar-refractivity contribution >= 4 is 40.3 Å². The summed E-state index contributed by atoms with van der Waals surface area (Å²) in [6.45, 7) is 1.30. The van der Waals surface area contributed by atoms with Crippen molar-refractivity contribution in [2.24, 2.45) is 0 Å². The van der Waals surface area contributed by atoms with Crippen LogP contribution >= 0.6 is 0 Å². The number of para-hydroxylation sites is 1. The molecule has 4 aromatic rings. The Bertz CT molecular complexity index is 1450. The lowest BCUT2D eigenvalue weighted by Crippen LogP contribution is -2.21. The highest BCUT2D eigenvalue weighted by Gasteiger charge is 2.28. The SMILES string of the molecule is COc1ccc(/C=C2\CCc3c2nc2ccccc2c3C(=O)OCC(=O)Nc2cc(C)no2)cc1. The molecule has 0 bridgehead atoms. The first-order chi connectivity index (χ1) is 17.0. The van der Waals surface area contributed by atoms with Crippen LogP contribution in [0.2, 0.25) is 0 Å². The van der Waals surface area contributed by atoms with Crippen LogP contribution in [0, 0.1) is 6.92 Å². The summed E-state index contributed by atoms with van der Waals surface area (Å²) >= 11 is 0. The minimum Gasteiger partial charge on any atom is -0.497 e. The molecule has 0 saturated carbocycles. The molecule has 176 valence electrons. The van der Waals surface area contributed by atoms with Crippen LogP contribution in [0.1, 0.15) is 39.3 Å². The van der Waals surface area contributed by atoms with Gasteiger partial charge in [-0.1, -0.05) is 35.5 Å². The maximum Gasteiger partial charge on any atom is 0.339 e. The summed E-state index contributed by atoms with van der Waals surface area (Å²) in [6, 6.07) is 16.8. The molecular weight excluding hydrogens is 446 g/mol. The second-order valence-electron chi connectivity index (χ2n) is 8.23. The zero-order chi connectivity index (χ0) is 24.4. The van der Waals surface area contributed by atoms with Crippen molar-refractivity contribution in [3.05, 3.63) is 82.7 Å². The molecule has 0 atom stereocenters. The molecule has 1 N–H and O–H groups in total. The monoisotopic (exact) mass is 469 g/mol. The van der Waals surface area contributed by atoms with E-state index in [1.807, 2.05) is 48.5 Å². The van der Waals surface area contributed by atoms with Crippen molar-refractivity contribution in [1.82, 2.24) is 10.1 Å². The number of pyridine rings is 1. The minimum absolute atomic E-state index is 0.201. The Morgan fingerprint density at radius 1 is 1.11 bits per heavy atom. The summed E-state index contributed by atoms with van der Waals surface area (Å²) in [5.74, 6) is -0.0817. The second kappa shape index (κ2) is 9.42. The minimum atomic E-state index is -0.561. The summed E-state index contributed by atoms with van der Waals surface area (Å²) in [4.78, 5) is 30.3. The predicted molar refractivity (Wildman–Crippen MR) is 131 cm³/mol. The molecule has 2 aromatic carbocycles. The van der Waals surface area contributed by atoms with E-state index >= 15 is 0 Å². The number of allylic oxidation sites excluding steroid dienone is 1. The van der Waals surface area contributed by atoms with Gasteiger partial charge in [0.2, 0.25) is 5.88 Å². The van der Waals surface area contributed by atoms with E-state index in [0.717, 1.165) is 34.6 Å². The largest absolute Gasteiger partial charge is 0.497 e. The van der Waals surface area contributed by atoms with Gasteiger partial charge in [0.15, 0.2) is 6.61 Å². The molecule has 1 aliphatic carbocycles. The van der Waals surface area contributed by atoms with Gasteiger partial charge in [0.25, 0.3) is 5.91 Å². The van der Waals surface area contributed by atoms with Crippen molar-refractivity contribution in [3.8, 4) is 5.75 Å². The molecule has 0 aliphatic heterocycles. The molecule has 0 unspecified atom stereocenters. The lowest BCUT2D eigenvalue weighted by atomic mass is 10.0. The van der Waals surface area contributed by atoms with Gasteiger partial charge in [0, 0.05) is 11.5 Å². The number of hydrogen-bond donors (Lipinski definition) is 1. The molecule has 2 heterocycles. The van der Waals surface area contributed by atoms with Crippen LogP contribution in [0.4, 0.5) is 5.88 Å². The summed E-state index contributed by atoms with van der Waals surface area (Å²) in [5, 5.41) is 6.94. The number of methoxy groups -OCH3 is 1. The third-order valence-electron chi connectivity index (χ3n) is 5.83. The van der Waals surface area contributed by atoms with E-state index in [0.29, 0.717) is 28.6 Å². The predicted octanol–water partition coefficient (Wildman–Crippen LogP) is 4.82. The number of amides is 1. The second-order valence-corrected chi connectivity index (χ2v) is 8.23. The van der Waals surface area contributed by atoms with Crippen molar-refractivity contribution in [1.29, 1.82) is 0 Å². The normalized spacial score (nSPS) is 13.6. The Morgan fingerprint density at radius 3 is 2.66 bits per heavy atom. The van der Waals surface area contributed by atoms with Crippen LogP contribution in [-0.2, 0) is 16.0 Å². The maximum atomic E-state index is 13.2. The summed E-state index contributed by atoms with van der Waals surface area (Å²) < 4.78 is 15.6. The van der Waals surface area contributed by atoms with Gasteiger partial charge in [-0.05, 0) is 60.7 Å². The number of carbonyl (C=O) groups is 2. The van der Waals surface area contributed by atoms with E-state index in [9.17, 15) is 9.59 Å². The van der Waals surface area contributed by atoms with Crippen LogP contribution in [0.15, 0.2) is 59.1 Å². The fourth-order valence-electron chi connectivity index (χ4n) is 4.21. The highest BCUT2D eigenvalue weighted by atomic mass is 16.5. The quantitative estimate of drug-likeness (QED) is 0.404. The lowest BCUT2D eigenvalue weighted by Gasteiger charge is -2.12. The van der Waals surface area contributed by atoms with Crippen LogP contribution in [-0.4, -0.2) is 35.7 Å². The molecule has 8 nitrogen and oxygen atoms in total. The summed E-state index contributed by atoms with van der Waals surface area (Å²) in [5.41, 5.74) is 5.47. The number of nitrogens with one attached hydrogen (secondary N) is 1. The van der Waals surface area contributed by atoms with Gasteiger partial charge >= 0.3 is 5.97 Å². The van der Waals surface area contributed by atoms with Crippen molar-refractivity contribution in [2.75, 3.05) is 19.0 Å². The van der Waals surface area contributed by atoms with Gasteiger partial charge in [0.05, 0.1) is 29.6 Å². The van der Waals surface area contributed by atoms with Crippen LogP contribution in [0.3, 0.4) is 0 Å². The number of aryl methyl sites for hydroxylation is 1. The van der Waals surface area contributed by atoms with Crippen molar-refractivity contribution < 1.29 is 23.6 Å². The Balaban J connectivity index is 1.43. The Morgan fingerprint density at radius 2 is 1.91 bits per heavy atom. The van der Waals surface area contributed by atoms with E-state index in [-0.39, 0.29) is 5.88 Å². The number of rotatable bonds is 6. The van der Waals surface area contributed by atoms with Gasteiger partial charge in [-0.15, -0.1) is 0 Å². The van der Waals surface area contributed by atoms with Crippen molar-refractivity contribution in [2.45, 2.75) is 19.8 Å². The fraction of sp³-hybridized carbons (Fsp3) is 0.185. The summed E-state index contributed by atoms with van der Waals surface area (Å²) in [7, 11) is 1.63. The third kappa shape index (κ3) is 4.63. The maximum absolute atomic E-state index is 13.2. The third-order valence-corrected chi connectivity index (χ3v) is 5.83. The van der Waals surface area contributed by atoms with Crippen molar-refractivity contribution in [3.63, 3.8) is 0 Å². The van der Waals surface area contributed by atoms with Gasteiger partial charge in [-0.2, -0.15) is 0 Å². The topological polar surface area (TPSA) is 104 Å². The van der Waals surface area contributed by atoms with E-state index in [1.165, 1.54) is 0 Å². The number of hydrogen-bond acceptors (Lipinski definition) is 7. The number of esters is 1. The number of aromatic nitrogens is 2. The molecular formula is C27H23N3O5. The molecule has 35 heavy (non-hydrogen) atoms. The highest BCUT2D eigenvalue weighted by Crippen LogP contribution is 2.38. The standard InChI is InChI=1S/C27H23N3O5/c1-16-13-24(35-30-16)29-23(31)15-34-27(32)25-20-5-3-4-6-22(20)28-26-18(9-12-21(25)26)14-17-7-10-19(33-2)11-8-17/h3-8,10-11,13-14H,9,12,15H2,1-2H3,(H,29,31)/b18-14+. The van der Waals surface area contributed by atoms with Gasteiger partial charge in [-0.3, -0.25) is 10.1 Å². The van der Waals surface area contributed by atoms with E-state index in [2.05, 4.69) is 16.5 Å². The molecule has 1 aliphatic rings. The van der Waals surface area contributed by atoms with Gasteiger partial charge < -0.3 is 14.0 Å². The average Bonchev–Trinajstić information content (AvgIpc) is 3.46. The average molecular weight is 469 g/mol. The Labute approximate surface area is 201 Å². The van der Waals surface area contributed by atoms with Crippen LogP contribution in [0.25, 0.3) is 22.6 Å². The molecule has 0 spiro atoms. The van der Waals surface area contributed by atoms with E-state index < -0.39 is 18.5 Å². The zero-order valence-electron chi connectivity index (χ0n) is 19.3. The molecule has 8 heteroatoms.